The summed E-state index contributed by atoms with van der Waals surface area (Å²) in [5, 5.41) is 11.9. The predicted molar refractivity (Wildman–Crippen MR) is 131 cm³/mol. The van der Waals surface area contributed by atoms with Gasteiger partial charge in [0.25, 0.3) is 0 Å². The van der Waals surface area contributed by atoms with E-state index in [4.69, 9.17) is 14.2 Å². The third-order valence-corrected chi connectivity index (χ3v) is 6.66. The molecule has 1 saturated heterocycles. The van der Waals surface area contributed by atoms with Crippen molar-refractivity contribution in [2.24, 2.45) is 5.92 Å². The molecule has 10 heteroatoms. The Morgan fingerprint density at radius 1 is 0.718 bits per heavy atom. The van der Waals surface area contributed by atoms with Crippen LogP contribution in [0.1, 0.15) is 41.2 Å². The molecule has 0 aromatic heterocycles. The molecule has 1 aliphatic heterocycles. The second-order valence-corrected chi connectivity index (χ2v) is 9.41. The monoisotopic (exact) mass is 554 g/mol. The van der Waals surface area contributed by atoms with E-state index in [0.717, 1.165) is 66.3 Å². The summed E-state index contributed by atoms with van der Waals surface area (Å²) in [5.41, 5.74) is -2.73. The van der Waals surface area contributed by atoms with Gasteiger partial charge >= 0.3 is 12.4 Å². The van der Waals surface area contributed by atoms with E-state index in [2.05, 4.69) is 0 Å². The van der Waals surface area contributed by atoms with Gasteiger partial charge in [0.05, 0.1) is 30.9 Å². The molecule has 210 valence electrons. The molecule has 3 aromatic rings. The molecule has 3 aromatic carbocycles. The lowest BCUT2D eigenvalue weighted by Crippen LogP contribution is -2.46. The maximum absolute atomic E-state index is 13.1. The van der Waals surface area contributed by atoms with E-state index in [1.807, 2.05) is 31.2 Å². The fraction of sp³-hybridized carbons (Fsp3) is 0.379. The molecule has 0 aliphatic carbocycles. The molecular weight excluding hydrogens is 526 g/mol. The van der Waals surface area contributed by atoms with Crippen LogP contribution < -0.4 is 4.74 Å². The summed E-state index contributed by atoms with van der Waals surface area (Å²) in [4.78, 5) is 0. The van der Waals surface area contributed by atoms with Crippen LogP contribution in [-0.4, -0.2) is 31.2 Å². The summed E-state index contributed by atoms with van der Waals surface area (Å²) < 4.78 is 96.1. The van der Waals surface area contributed by atoms with Crippen molar-refractivity contribution in [3.63, 3.8) is 0 Å². The van der Waals surface area contributed by atoms with E-state index in [1.165, 1.54) is 0 Å². The number of rotatable bonds is 8. The lowest BCUT2D eigenvalue weighted by molar-refractivity contribution is -0.225. The Balaban J connectivity index is 1.54. The van der Waals surface area contributed by atoms with Crippen molar-refractivity contribution in [2.45, 2.75) is 44.0 Å². The lowest BCUT2D eigenvalue weighted by atomic mass is 9.76. The van der Waals surface area contributed by atoms with Gasteiger partial charge in [-0.15, -0.1) is 0 Å². The van der Waals surface area contributed by atoms with Gasteiger partial charge in [-0.2, -0.15) is 26.3 Å². The molecule has 39 heavy (non-hydrogen) atoms. The number of ether oxygens (including phenoxy) is 3. The van der Waals surface area contributed by atoms with Crippen LogP contribution in [0.3, 0.4) is 0 Å². The van der Waals surface area contributed by atoms with Crippen molar-refractivity contribution in [3.8, 4) is 5.75 Å². The van der Waals surface area contributed by atoms with Crippen molar-refractivity contribution in [1.82, 2.24) is 0 Å². The quantitative estimate of drug-likeness (QED) is 0.305. The van der Waals surface area contributed by atoms with Gasteiger partial charge in [-0.25, -0.2) is 0 Å². The topological polar surface area (TPSA) is 47.9 Å². The Morgan fingerprint density at radius 2 is 1.15 bits per heavy atom. The van der Waals surface area contributed by atoms with Gasteiger partial charge in [-0.1, -0.05) is 43.3 Å². The van der Waals surface area contributed by atoms with E-state index in [1.54, 1.807) is 0 Å². The molecule has 1 N–H and O–H groups in total. The van der Waals surface area contributed by atoms with Crippen LogP contribution in [0.15, 0.2) is 72.8 Å². The Hall–Kier alpha value is -3.08. The molecule has 0 saturated carbocycles. The van der Waals surface area contributed by atoms with E-state index < -0.39 is 41.3 Å². The Labute approximate surface area is 222 Å². The first-order valence-electron chi connectivity index (χ1n) is 12.4. The van der Waals surface area contributed by atoms with Gasteiger partial charge in [0, 0.05) is 12.3 Å². The predicted octanol–water partition coefficient (Wildman–Crippen LogP) is 6.98. The normalized spacial score (nSPS) is 18.7. The van der Waals surface area contributed by atoms with Crippen molar-refractivity contribution in [3.05, 3.63) is 101 Å². The first-order chi connectivity index (χ1) is 18.4. The molecule has 0 atom stereocenters. The fourth-order valence-corrected chi connectivity index (χ4v) is 4.50. The molecule has 1 fully saturated rings. The Morgan fingerprint density at radius 3 is 1.56 bits per heavy atom. The van der Waals surface area contributed by atoms with Gasteiger partial charge in [-0.3, -0.25) is 0 Å². The molecule has 0 amide bonds. The van der Waals surface area contributed by atoms with E-state index >= 15 is 0 Å². The van der Waals surface area contributed by atoms with Crippen molar-refractivity contribution >= 4 is 0 Å². The second-order valence-electron chi connectivity index (χ2n) is 9.41. The summed E-state index contributed by atoms with van der Waals surface area (Å²) in [6, 6.07) is 15.2. The van der Waals surface area contributed by atoms with Gasteiger partial charge < -0.3 is 19.3 Å². The summed E-state index contributed by atoms with van der Waals surface area (Å²) >= 11 is 0. The minimum absolute atomic E-state index is 0.0408. The van der Waals surface area contributed by atoms with E-state index in [-0.39, 0.29) is 24.3 Å². The van der Waals surface area contributed by atoms with Crippen molar-refractivity contribution in [1.29, 1.82) is 0 Å². The lowest BCUT2D eigenvalue weighted by Gasteiger charge is -2.41. The number of alkyl halides is 6. The molecular formula is C29H28F6O4. The third kappa shape index (κ3) is 6.74. The number of hydrogen-bond donors (Lipinski definition) is 1. The highest BCUT2D eigenvalue weighted by Crippen LogP contribution is 2.41. The maximum atomic E-state index is 13.1. The van der Waals surface area contributed by atoms with E-state index in [0.29, 0.717) is 13.0 Å². The molecule has 1 aliphatic rings. The highest BCUT2D eigenvalue weighted by molar-refractivity contribution is 5.40. The van der Waals surface area contributed by atoms with Gasteiger partial charge in [0.15, 0.2) is 6.29 Å². The zero-order valence-electron chi connectivity index (χ0n) is 21.1. The van der Waals surface area contributed by atoms with Crippen molar-refractivity contribution < 1.29 is 45.7 Å². The summed E-state index contributed by atoms with van der Waals surface area (Å²) in [7, 11) is 0. The van der Waals surface area contributed by atoms with Gasteiger partial charge in [0.1, 0.15) is 11.4 Å². The highest BCUT2D eigenvalue weighted by atomic mass is 19.4. The zero-order chi connectivity index (χ0) is 28.3. The van der Waals surface area contributed by atoms with Crippen molar-refractivity contribution in [2.75, 3.05) is 19.8 Å². The number of benzene rings is 3. The van der Waals surface area contributed by atoms with Gasteiger partial charge in [0.2, 0.25) is 0 Å². The second kappa shape index (κ2) is 11.6. The molecule has 0 radical (unpaired) electrons. The number of aliphatic hydroxyl groups is 1. The van der Waals surface area contributed by atoms with Crippen LogP contribution in [0.25, 0.3) is 0 Å². The minimum Gasteiger partial charge on any atom is -0.494 e. The molecule has 0 spiro atoms. The number of halogens is 6. The Kier molecular flexibility index (Phi) is 8.58. The summed E-state index contributed by atoms with van der Waals surface area (Å²) in [5.74, 6) is -0.0728. The highest BCUT2D eigenvalue weighted by Gasteiger charge is 2.44. The van der Waals surface area contributed by atoms with Crippen LogP contribution in [0.4, 0.5) is 26.3 Å². The third-order valence-electron chi connectivity index (χ3n) is 6.66. The molecule has 4 nitrogen and oxygen atoms in total. The van der Waals surface area contributed by atoms with Crippen LogP contribution in [0.2, 0.25) is 0 Å². The van der Waals surface area contributed by atoms with E-state index in [9.17, 15) is 31.4 Å². The van der Waals surface area contributed by atoms with Crippen LogP contribution >= 0.6 is 0 Å². The van der Waals surface area contributed by atoms with Crippen LogP contribution in [0.5, 0.6) is 5.75 Å². The first-order valence-corrected chi connectivity index (χ1v) is 12.4. The largest absolute Gasteiger partial charge is 0.494 e. The zero-order valence-corrected chi connectivity index (χ0v) is 21.1. The average Bonchev–Trinajstić information content (AvgIpc) is 2.92. The average molecular weight is 555 g/mol. The minimum atomic E-state index is -4.59. The maximum Gasteiger partial charge on any atom is 0.416 e. The standard InChI is InChI=1S/C29H28F6O4/c1-2-15-37-25-13-3-19(4-14-25)16-26-38-17-24(18-39-26)27(36,20-5-9-22(10-6-20)28(30,31)32)21-7-11-23(12-8-21)29(33,34)35/h3-14,24,26,36H,2,15-18H2,1H3. The molecule has 0 bridgehead atoms. The van der Waals surface area contributed by atoms with Crippen LogP contribution in [-0.2, 0) is 33.8 Å². The van der Waals surface area contributed by atoms with Crippen LogP contribution in [0, 0.1) is 5.92 Å². The fourth-order valence-electron chi connectivity index (χ4n) is 4.50. The summed E-state index contributed by atoms with van der Waals surface area (Å²) in [6.07, 6.45) is -8.53. The molecule has 0 unspecified atom stereocenters. The summed E-state index contributed by atoms with van der Waals surface area (Å²) in [6.45, 7) is 2.54. The molecule has 1 heterocycles. The first kappa shape index (κ1) is 28.9. The SMILES string of the molecule is CCCOc1ccc(CC2OCC(C(O)(c3ccc(C(F)(F)F)cc3)c3ccc(C(F)(F)F)cc3)CO2)cc1. The molecule has 4 rings (SSSR count). The van der Waals surface area contributed by atoms with Gasteiger partial charge in [-0.05, 0) is 59.5 Å². The smallest absolute Gasteiger partial charge is 0.416 e. The Bertz CT molecular complexity index is 1140. The number of hydrogen-bond acceptors (Lipinski definition) is 4.